The highest BCUT2D eigenvalue weighted by Crippen LogP contribution is 2.19. The van der Waals surface area contributed by atoms with Gasteiger partial charge in [-0.1, -0.05) is 12.1 Å². The van der Waals surface area contributed by atoms with Gasteiger partial charge < -0.3 is 9.73 Å². The first-order valence-corrected chi connectivity index (χ1v) is 5.64. The Kier molecular flexibility index (Phi) is 2.79. The molecule has 5 nitrogen and oxygen atoms in total. The summed E-state index contributed by atoms with van der Waals surface area (Å²) in [6.45, 7) is 0.596. The van der Waals surface area contributed by atoms with Crippen LogP contribution in [0.15, 0.2) is 59.7 Å². The third kappa shape index (κ3) is 2.10. The molecule has 2 aromatic heterocycles. The minimum atomic E-state index is 0.596. The third-order valence-electron chi connectivity index (χ3n) is 2.59. The molecule has 0 radical (unpaired) electrons. The fourth-order valence-electron chi connectivity index (χ4n) is 1.75. The van der Waals surface area contributed by atoms with E-state index in [4.69, 9.17) is 4.42 Å². The average Bonchev–Trinajstić information content (AvgIpc) is 3.10. The van der Waals surface area contributed by atoms with Gasteiger partial charge in [0.25, 0.3) is 0 Å². The summed E-state index contributed by atoms with van der Waals surface area (Å²) in [5, 5.41) is 7.54. The number of hydrogen-bond acceptors (Lipinski definition) is 4. The Bertz CT molecular complexity index is 602. The van der Waals surface area contributed by atoms with Crippen molar-refractivity contribution in [3.8, 4) is 5.69 Å². The lowest BCUT2D eigenvalue weighted by atomic mass is 10.2. The van der Waals surface area contributed by atoms with E-state index in [0.717, 1.165) is 17.1 Å². The Morgan fingerprint density at radius 2 is 2.17 bits per heavy atom. The van der Waals surface area contributed by atoms with Crippen molar-refractivity contribution >= 4 is 5.69 Å². The van der Waals surface area contributed by atoms with Gasteiger partial charge in [-0.3, -0.25) is 0 Å². The Morgan fingerprint density at radius 3 is 2.94 bits per heavy atom. The summed E-state index contributed by atoms with van der Waals surface area (Å²) in [5.41, 5.74) is 2.00. The van der Waals surface area contributed by atoms with E-state index in [1.807, 2.05) is 41.2 Å². The molecule has 0 aliphatic carbocycles. The van der Waals surface area contributed by atoms with Gasteiger partial charge in [-0.15, -0.1) is 0 Å². The Balaban J connectivity index is 1.84. The number of aromatic nitrogens is 3. The summed E-state index contributed by atoms with van der Waals surface area (Å²) in [5.74, 6) is 0.797. The van der Waals surface area contributed by atoms with Crippen LogP contribution < -0.4 is 5.32 Å². The van der Waals surface area contributed by atoms with Crippen LogP contribution in [0.1, 0.15) is 5.76 Å². The highest BCUT2D eigenvalue weighted by atomic mass is 16.3. The van der Waals surface area contributed by atoms with Crippen LogP contribution >= 0.6 is 0 Å². The Morgan fingerprint density at radius 1 is 1.22 bits per heavy atom. The molecule has 90 valence electrons. The predicted octanol–water partition coefficient (Wildman–Crippen LogP) is 2.47. The number of rotatable bonds is 4. The van der Waals surface area contributed by atoms with Crippen molar-refractivity contribution in [2.24, 2.45) is 0 Å². The molecular weight excluding hydrogens is 228 g/mol. The van der Waals surface area contributed by atoms with Crippen LogP contribution in [0.25, 0.3) is 5.69 Å². The molecular formula is C13H12N4O. The Hall–Kier alpha value is -2.56. The van der Waals surface area contributed by atoms with Crippen molar-refractivity contribution in [2.45, 2.75) is 6.54 Å². The van der Waals surface area contributed by atoms with Gasteiger partial charge >= 0.3 is 0 Å². The van der Waals surface area contributed by atoms with Gasteiger partial charge in [0.1, 0.15) is 5.76 Å². The summed E-state index contributed by atoms with van der Waals surface area (Å²) in [6, 6.07) is 9.88. The highest BCUT2D eigenvalue weighted by Gasteiger charge is 2.04. The van der Waals surface area contributed by atoms with E-state index in [1.54, 1.807) is 12.4 Å². The van der Waals surface area contributed by atoms with E-state index >= 15 is 0 Å². The maximum atomic E-state index is 5.19. The zero-order valence-corrected chi connectivity index (χ0v) is 9.65. The average molecular weight is 240 g/mol. The number of nitrogens with zero attached hydrogens (tertiary/aromatic N) is 3. The molecule has 3 aromatic rings. The Labute approximate surface area is 104 Å². The summed E-state index contributed by atoms with van der Waals surface area (Å²) >= 11 is 0. The summed E-state index contributed by atoms with van der Waals surface area (Å²) in [6.07, 6.45) is 6.79. The number of oxazole rings is 1. The van der Waals surface area contributed by atoms with Crippen molar-refractivity contribution in [1.29, 1.82) is 0 Å². The summed E-state index contributed by atoms with van der Waals surface area (Å²) in [4.78, 5) is 3.88. The first-order chi connectivity index (χ1) is 8.93. The molecule has 0 aliphatic heterocycles. The van der Waals surface area contributed by atoms with Crippen molar-refractivity contribution < 1.29 is 4.42 Å². The second-order valence-corrected chi connectivity index (χ2v) is 3.79. The lowest BCUT2D eigenvalue weighted by Gasteiger charge is -2.10. The summed E-state index contributed by atoms with van der Waals surface area (Å²) < 4.78 is 7.01. The van der Waals surface area contributed by atoms with Gasteiger partial charge in [-0.05, 0) is 18.2 Å². The van der Waals surface area contributed by atoms with Gasteiger partial charge in [0.2, 0.25) is 0 Å². The molecule has 0 amide bonds. The lowest BCUT2D eigenvalue weighted by molar-refractivity contribution is 0.511. The number of hydrogen-bond donors (Lipinski definition) is 1. The zero-order chi connectivity index (χ0) is 12.2. The molecule has 0 spiro atoms. The number of para-hydroxylation sites is 2. The van der Waals surface area contributed by atoms with Crippen LogP contribution in [0, 0.1) is 0 Å². The van der Waals surface area contributed by atoms with Crippen LogP contribution in [-0.4, -0.2) is 14.8 Å². The minimum Gasteiger partial charge on any atom is -0.447 e. The van der Waals surface area contributed by atoms with Crippen molar-refractivity contribution in [3.63, 3.8) is 0 Å². The normalized spacial score (nSPS) is 10.4. The maximum Gasteiger partial charge on any atom is 0.180 e. The molecule has 0 aliphatic rings. The van der Waals surface area contributed by atoms with Crippen LogP contribution in [-0.2, 0) is 6.54 Å². The van der Waals surface area contributed by atoms with Gasteiger partial charge in [0.15, 0.2) is 6.39 Å². The van der Waals surface area contributed by atoms with Crippen molar-refractivity contribution in [3.05, 3.63) is 61.1 Å². The molecule has 0 saturated carbocycles. The largest absolute Gasteiger partial charge is 0.447 e. The smallest absolute Gasteiger partial charge is 0.180 e. The number of anilines is 1. The summed E-state index contributed by atoms with van der Waals surface area (Å²) in [7, 11) is 0. The van der Waals surface area contributed by atoms with E-state index in [-0.39, 0.29) is 0 Å². The zero-order valence-electron chi connectivity index (χ0n) is 9.65. The highest BCUT2D eigenvalue weighted by molar-refractivity contribution is 5.60. The second-order valence-electron chi connectivity index (χ2n) is 3.79. The van der Waals surface area contributed by atoms with Gasteiger partial charge in [0.05, 0.1) is 24.1 Å². The molecule has 18 heavy (non-hydrogen) atoms. The van der Waals surface area contributed by atoms with E-state index < -0.39 is 0 Å². The molecule has 0 bridgehead atoms. The van der Waals surface area contributed by atoms with Crippen molar-refractivity contribution in [2.75, 3.05) is 5.32 Å². The first kappa shape index (κ1) is 10.6. The lowest BCUT2D eigenvalue weighted by Crippen LogP contribution is -2.04. The van der Waals surface area contributed by atoms with Gasteiger partial charge in [-0.2, -0.15) is 5.10 Å². The molecule has 2 heterocycles. The molecule has 1 aromatic carbocycles. The van der Waals surface area contributed by atoms with Crippen LogP contribution in [0.5, 0.6) is 0 Å². The molecule has 0 fully saturated rings. The standard InChI is InChI=1S/C13H12N4O/c1-2-5-13(17-7-3-6-16-17)12(4-1)15-9-11-8-14-10-18-11/h1-8,10,15H,9H2. The fourth-order valence-corrected chi connectivity index (χ4v) is 1.75. The van der Waals surface area contributed by atoms with E-state index in [1.165, 1.54) is 6.39 Å². The minimum absolute atomic E-state index is 0.596. The maximum absolute atomic E-state index is 5.19. The molecule has 1 N–H and O–H groups in total. The number of benzene rings is 1. The molecule has 0 unspecified atom stereocenters. The van der Waals surface area contributed by atoms with Crippen LogP contribution in [0.2, 0.25) is 0 Å². The van der Waals surface area contributed by atoms with Crippen LogP contribution in [0.4, 0.5) is 5.69 Å². The topological polar surface area (TPSA) is 55.9 Å². The quantitative estimate of drug-likeness (QED) is 0.761. The van der Waals surface area contributed by atoms with Gasteiger partial charge in [-0.25, -0.2) is 9.67 Å². The second kappa shape index (κ2) is 4.75. The van der Waals surface area contributed by atoms with Gasteiger partial charge in [0, 0.05) is 12.4 Å². The number of nitrogens with one attached hydrogen (secondary N) is 1. The van der Waals surface area contributed by atoms with Crippen molar-refractivity contribution in [1.82, 2.24) is 14.8 Å². The molecule has 5 heteroatoms. The molecule has 0 atom stereocenters. The molecule has 0 saturated heterocycles. The molecule has 3 rings (SSSR count). The first-order valence-electron chi connectivity index (χ1n) is 5.64. The van der Waals surface area contributed by atoms with E-state index in [0.29, 0.717) is 6.54 Å². The monoisotopic (exact) mass is 240 g/mol. The van der Waals surface area contributed by atoms with Crippen LogP contribution in [0.3, 0.4) is 0 Å². The van der Waals surface area contributed by atoms with E-state index in [9.17, 15) is 0 Å². The third-order valence-corrected chi connectivity index (χ3v) is 2.59. The SMILES string of the molecule is c1ccc(-n2cccn2)c(NCc2cnco2)c1. The fraction of sp³-hybridized carbons (Fsp3) is 0.0769. The predicted molar refractivity (Wildman–Crippen MR) is 67.4 cm³/mol. The van der Waals surface area contributed by atoms with E-state index in [2.05, 4.69) is 15.4 Å².